The Hall–Kier alpha value is -1.42. The molecule has 1 amide bonds. The molecule has 4 rings (SSSR count). The number of rotatable bonds is 4. The molecule has 2 aliphatic heterocycles. The van der Waals surface area contributed by atoms with Gasteiger partial charge in [0.05, 0.1) is 29.1 Å². The van der Waals surface area contributed by atoms with Crippen molar-refractivity contribution in [3.8, 4) is 5.19 Å². The molecule has 27 heavy (non-hydrogen) atoms. The van der Waals surface area contributed by atoms with E-state index in [9.17, 15) is 13.2 Å². The van der Waals surface area contributed by atoms with Crippen molar-refractivity contribution in [1.29, 1.82) is 0 Å². The third-order valence-corrected chi connectivity index (χ3v) is 7.57. The highest BCUT2D eigenvalue weighted by molar-refractivity contribution is 7.88. The van der Waals surface area contributed by atoms with Crippen molar-refractivity contribution in [2.24, 2.45) is 5.92 Å². The minimum Gasteiger partial charge on any atom is -0.463 e. The summed E-state index contributed by atoms with van der Waals surface area (Å²) < 4.78 is 31.4. The average Bonchev–Trinajstić information content (AvgIpc) is 3.01. The molecular formula is C17H20ClN3O4S2. The fourth-order valence-electron chi connectivity index (χ4n) is 3.47. The zero-order chi connectivity index (χ0) is 19.2. The average molecular weight is 430 g/mol. The molecule has 2 aliphatic rings. The van der Waals surface area contributed by atoms with Gasteiger partial charge in [-0.3, -0.25) is 4.79 Å². The van der Waals surface area contributed by atoms with Crippen molar-refractivity contribution in [2.75, 3.05) is 32.4 Å². The van der Waals surface area contributed by atoms with E-state index in [2.05, 4.69) is 4.98 Å². The largest absolute Gasteiger partial charge is 0.463 e. The van der Waals surface area contributed by atoms with Gasteiger partial charge in [-0.25, -0.2) is 17.7 Å². The summed E-state index contributed by atoms with van der Waals surface area (Å²) in [4.78, 5) is 18.8. The monoisotopic (exact) mass is 429 g/mol. The summed E-state index contributed by atoms with van der Waals surface area (Å²) in [5.74, 6) is -0.0134. The Balaban J connectivity index is 1.29. The minimum absolute atomic E-state index is 0.0654. The number of amides is 1. The number of nitrogens with zero attached hydrogens (tertiary/aromatic N) is 3. The maximum Gasteiger partial charge on any atom is 0.274 e. The Labute approximate surface area is 166 Å². The van der Waals surface area contributed by atoms with Crippen LogP contribution in [0.25, 0.3) is 10.2 Å². The molecule has 0 aliphatic carbocycles. The van der Waals surface area contributed by atoms with Gasteiger partial charge in [-0.05, 0) is 25.0 Å². The Bertz CT molecular complexity index is 964. The molecule has 0 N–H and O–H groups in total. The van der Waals surface area contributed by atoms with Crippen LogP contribution in [0.5, 0.6) is 5.19 Å². The number of piperidine rings is 1. The summed E-state index contributed by atoms with van der Waals surface area (Å²) in [6.07, 6.45) is 2.29. The number of halogens is 1. The first kappa shape index (κ1) is 18.9. The van der Waals surface area contributed by atoms with E-state index in [4.69, 9.17) is 16.3 Å². The zero-order valence-corrected chi connectivity index (χ0v) is 17.2. The van der Waals surface area contributed by atoms with Gasteiger partial charge in [-0.15, -0.1) is 0 Å². The van der Waals surface area contributed by atoms with Gasteiger partial charge in [-0.1, -0.05) is 29.0 Å². The van der Waals surface area contributed by atoms with Crippen LogP contribution < -0.4 is 4.74 Å². The number of para-hydroxylation sites is 1. The number of carbonyl (C=O) groups is 1. The zero-order valence-electron chi connectivity index (χ0n) is 14.8. The third-order valence-electron chi connectivity index (χ3n) is 5.05. The van der Waals surface area contributed by atoms with Crippen molar-refractivity contribution in [2.45, 2.75) is 18.9 Å². The molecule has 146 valence electrons. The summed E-state index contributed by atoms with van der Waals surface area (Å²) in [6, 6.07) is 5.63. The number of hydrogen-bond donors (Lipinski definition) is 0. The Morgan fingerprint density at radius 2 is 2.00 bits per heavy atom. The van der Waals surface area contributed by atoms with Gasteiger partial charge in [0.25, 0.3) is 5.19 Å². The van der Waals surface area contributed by atoms with Gasteiger partial charge in [0.1, 0.15) is 11.6 Å². The summed E-state index contributed by atoms with van der Waals surface area (Å²) in [6.45, 7) is 1.90. The molecule has 0 radical (unpaired) electrons. The Kier molecular flexibility index (Phi) is 5.04. The maximum absolute atomic E-state index is 12.6. The number of benzene rings is 1. The lowest BCUT2D eigenvalue weighted by Gasteiger charge is -2.41. The van der Waals surface area contributed by atoms with E-state index in [1.165, 1.54) is 21.9 Å². The van der Waals surface area contributed by atoms with Crippen LogP contribution in [0.15, 0.2) is 18.2 Å². The minimum atomic E-state index is -3.17. The lowest BCUT2D eigenvalue weighted by atomic mass is 9.95. The van der Waals surface area contributed by atoms with Crippen LogP contribution in [0.4, 0.5) is 0 Å². The van der Waals surface area contributed by atoms with Gasteiger partial charge in [0, 0.05) is 19.0 Å². The van der Waals surface area contributed by atoms with Crippen molar-refractivity contribution in [3.05, 3.63) is 23.2 Å². The maximum atomic E-state index is 12.6. The quantitative estimate of drug-likeness (QED) is 0.744. The van der Waals surface area contributed by atoms with Crippen LogP contribution in [-0.2, 0) is 14.8 Å². The summed E-state index contributed by atoms with van der Waals surface area (Å²) >= 11 is 7.58. The molecule has 0 saturated carbocycles. The van der Waals surface area contributed by atoms with Crippen LogP contribution in [0.3, 0.4) is 0 Å². The number of thiazole rings is 1. The number of aromatic nitrogens is 1. The van der Waals surface area contributed by atoms with Gasteiger partial charge >= 0.3 is 0 Å². The second-order valence-electron chi connectivity index (χ2n) is 6.99. The molecule has 7 nitrogen and oxygen atoms in total. The van der Waals surface area contributed by atoms with Crippen molar-refractivity contribution < 1.29 is 17.9 Å². The second-order valence-corrected chi connectivity index (χ2v) is 10.4. The summed E-state index contributed by atoms with van der Waals surface area (Å²) in [5, 5.41) is 1.17. The van der Waals surface area contributed by atoms with Gasteiger partial charge in [0.2, 0.25) is 15.9 Å². The third kappa shape index (κ3) is 3.91. The van der Waals surface area contributed by atoms with E-state index in [0.29, 0.717) is 49.2 Å². The molecule has 10 heteroatoms. The molecule has 0 unspecified atom stereocenters. The fourth-order valence-corrected chi connectivity index (χ4v) is 5.53. The number of fused-ring (bicyclic) bond motifs is 1. The highest BCUT2D eigenvalue weighted by Crippen LogP contribution is 2.33. The summed E-state index contributed by atoms with van der Waals surface area (Å²) in [7, 11) is -3.17. The molecule has 3 heterocycles. The van der Waals surface area contributed by atoms with Crippen LogP contribution in [0.1, 0.15) is 12.8 Å². The highest BCUT2D eigenvalue weighted by Gasteiger charge is 2.38. The van der Waals surface area contributed by atoms with Crippen molar-refractivity contribution in [3.63, 3.8) is 0 Å². The van der Waals surface area contributed by atoms with Crippen LogP contribution in [0.2, 0.25) is 5.02 Å². The Morgan fingerprint density at radius 3 is 2.63 bits per heavy atom. The lowest BCUT2D eigenvalue weighted by Crippen LogP contribution is -2.58. The summed E-state index contributed by atoms with van der Waals surface area (Å²) in [5.41, 5.74) is 0.740. The van der Waals surface area contributed by atoms with E-state index in [1.54, 1.807) is 11.0 Å². The number of carbonyl (C=O) groups excluding carboxylic acids is 1. The molecule has 1 aromatic heterocycles. The number of likely N-dealkylation sites (tertiary alicyclic amines) is 1. The fraction of sp³-hybridized carbons (Fsp3) is 0.529. The van der Waals surface area contributed by atoms with Crippen LogP contribution >= 0.6 is 22.9 Å². The van der Waals surface area contributed by atoms with Gasteiger partial charge < -0.3 is 9.64 Å². The first-order chi connectivity index (χ1) is 12.8. The molecule has 0 bridgehead atoms. The predicted molar refractivity (Wildman–Crippen MR) is 105 cm³/mol. The first-order valence-electron chi connectivity index (χ1n) is 8.77. The van der Waals surface area contributed by atoms with E-state index < -0.39 is 10.0 Å². The van der Waals surface area contributed by atoms with Crippen molar-refractivity contribution >= 4 is 49.1 Å². The number of ether oxygens (including phenoxy) is 1. The Morgan fingerprint density at radius 1 is 1.30 bits per heavy atom. The SMILES string of the molecule is CS(=O)(=O)N1CCC(C(=O)N2CC(Oc3nc4c(Cl)cccc4s3)C2)CC1. The first-order valence-corrected chi connectivity index (χ1v) is 11.8. The molecule has 0 atom stereocenters. The van der Waals surface area contributed by atoms with E-state index >= 15 is 0 Å². The molecule has 2 saturated heterocycles. The number of hydrogen-bond acceptors (Lipinski definition) is 6. The van der Waals surface area contributed by atoms with Crippen LogP contribution in [0, 0.1) is 5.92 Å². The second kappa shape index (κ2) is 7.20. The normalized spacial score (nSPS) is 20.0. The van der Waals surface area contributed by atoms with E-state index in [0.717, 1.165) is 10.2 Å². The van der Waals surface area contributed by atoms with E-state index in [-0.39, 0.29) is 17.9 Å². The standard InChI is InChI=1S/C17H20ClN3O4S2/c1-27(23,24)21-7-5-11(6-8-21)16(22)20-9-12(10-20)25-17-19-15-13(18)3-2-4-14(15)26-17/h2-4,11-12H,5-10H2,1H3. The van der Waals surface area contributed by atoms with Gasteiger partial charge in [0.15, 0.2) is 0 Å². The van der Waals surface area contributed by atoms with E-state index in [1.807, 2.05) is 12.1 Å². The predicted octanol–water partition coefficient (Wildman–Crippen LogP) is 2.21. The van der Waals surface area contributed by atoms with Crippen LogP contribution in [-0.4, -0.2) is 67.1 Å². The topological polar surface area (TPSA) is 79.8 Å². The van der Waals surface area contributed by atoms with Gasteiger partial charge in [-0.2, -0.15) is 0 Å². The molecule has 0 spiro atoms. The molecular weight excluding hydrogens is 410 g/mol. The molecule has 2 aromatic rings. The smallest absolute Gasteiger partial charge is 0.274 e. The van der Waals surface area contributed by atoms with Crippen molar-refractivity contribution in [1.82, 2.24) is 14.2 Å². The highest BCUT2D eigenvalue weighted by atomic mass is 35.5. The molecule has 1 aromatic carbocycles. The molecule has 2 fully saturated rings. The lowest BCUT2D eigenvalue weighted by molar-refractivity contribution is -0.145. The number of sulfonamides is 1.